The first kappa shape index (κ1) is 11.0. The van der Waals surface area contributed by atoms with Crippen molar-refractivity contribution in [3.63, 3.8) is 0 Å². The van der Waals surface area contributed by atoms with Gasteiger partial charge in [-0.25, -0.2) is 4.98 Å². The minimum Gasteiger partial charge on any atom is -0.457 e. The molecule has 88 valence electrons. The Hall–Kier alpha value is -2.13. The number of pyridine rings is 2. The second kappa shape index (κ2) is 4.63. The van der Waals surface area contributed by atoms with Crippen molar-refractivity contribution in [2.24, 2.45) is 0 Å². The van der Waals surface area contributed by atoms with Crippen LogP contribution in [0.2, 0.25) is 5.15 Å². The second-order valence-corrected chi connectivity index (χ2v) is 4.19. The summed E-state index contributed by atoms with van der Waals surface area (Å²) in [5.41, 5.74) is 0. The summed E-state index contributed by atoms with van der Waals surface area (Å²) in [6.45, 7) is 0. The molecule has 18 heavy (non-hydrogen) atoms. The summed E-state index contributed by atoms with van der Waals surface area (Å²) in [6.07, 6.45) is 5.19. The van der Waals surface area contributed by atoms with Gasteiger partial charge >= 0.3 is 0 Å². The van der Waals surface area contributed by atoms with Crippen LogP contribution in [-0.2, 0) is 0 Å². The molecule has 0 aliphatic rings. The summed E-state index contributed by atoms with van der Waals surface area (Å²) >= 11 is 5.81. The van der Waals surface area contributed by atoms with E-state index in [1.807, 2.05) is 30.5 Å². The fourth-order valence-electron chi connectivity index (χ4n) is 1.71. The quantitative estimate of drug-likeness (QED) is 0.648. The summed E-state index contributed by atoms with van der Waals surface area (Å²) in [5, 5.41) is 2.58. The zero-order chi connectivity index (χ0) is 12.4. The molecule has 0 spiro atoms. The van der Waals surface area contributed by atoms with Gasteiger partial charge < -0.3 is 4.74 Å². The molecule has 4 heteroatoms. The lowest BCUT2D eigenvalue weighted by Gasteiger charge is -2.06. The molecule has 0 atom stereocenters. The van der Waals surface area contributed by atoms with Crippen molar-refractivity contribution in [1.29, 1.82) is 0 Å². The SMILES string of the molecule is Clc1cc(Oc2ccc3ccncc3c2)ccn1. The predicted octanol–water partition coefficient (Wildman–Crippen LogP) is 4.08. The van der Waals surface area contributed by atoms with E-state index in [9.17, 15) is 0 Å². The highest BCUT2D eigenvalue weighted by Crippen LogP contribution is 2.25. The number of rotatable bonds is 2. The molecule has 0 unspecified atom stereocenters. The molecule has 0 aliphatic heterocycles. The van der Waals surface area contributed by atoms with Crippen LogP contribution in [-0.4, -0.2) is 9.97 Å². The van der Waals surface area contributed by atoms with Crippen molar-refractivity contribution >= 4 is 22.4 Å². The van der Waals surface area contributed by atoms with E-state index >= 15 is 0 Å². The number of nitrogens with zero attached hydrogens (tertiary/aromatic N) is 2. The van der Waals surface area contributed by atoms with E-state index in [4.69, 9.17) is 16.3 Å². The van der Waals surface area contributed by atoms with Crippen LogP contribution in [0, 0.1) is 0 Å². The topological polar surface area (TPSA) is 35.0 Å². The van der Waals surface area contributed by atoms with Gasteiger partial charge in [-0.15, -0.1) is 0 Å². The molecule has 0 amide bonds. The van der Waals surface area contributed by atoms with Crippen molar-refractivity contribution < 1.29 is 4.74 Å². The molecule has 3 rings (SSSR count). The molecule has 0 aliphatic carbocycles. The highest BCUT2D eigenvalue weighted by molar-refractivity contribution is 6.29. The van der Waals surface area contributed by atoms with E-state index in [0.717, 1.165) is 16.5 Å². The molecule has 3 nitrogen and oxygen atoms in total. The maximum Gasteiger partial charge on any atom is 0.132 e. The lowest BCUT2D eigenvalue weighted by molar-refractivity contribution is 0.483. The molecular weight excluding hydrogens is 248 g/mol. The number of hydrogen-bond acceptors (Lipinski definition) is 3. The first-order chi connectivity index (χ1) is 8.81. The lowest BCUT2D eigenvalue weighted by atomic mass is 10.2. The Bertz CT molecular complexity index is 700. The number of aromatic nitrogens is 2. The Labute approximate surface area is 109 Å². The van der Waals surface area contributed by atoms with Crippen LogP contribution in [0.4, 0.5) is 0 Å². The maximum absolute atomic E-state index is 5.81. The van der Waals surface area contributed by atoms with Crippen LogP contribution < -0.4 is 4.74 Å². The van der Waals surface area contributed by atoms with Crippen molar-refractivity contribution in [3.8, 4) is 11.5 Å². The van der Waals surface area contributed by atoms with E-state index < -0.39 is 0 Å². The number of halogens is 1. The predicted molar refractivity (Wildman–Crippen MR) is 71.1 cm³/mol. The van der Waals surface area contributed by atoms with Gasteiger partial charge in [0.05, 0.1) is 0 Å². The first-order valence-corrected chi connectivity index (χ1v) is 5.82. The fraction of sp³-hybridized carbons (Fsp3) is 0. The molecule has 2 aromatic heterocycles. The Morgan fingerprint density at radius 1 is 0.889 bits per heavy atom. The van der Waals surface area contributed by atoms with Gasteiger partial charge in [0.2, 0.25) is 0 Å². The Morgan fingerprint density at radius 2 is 1.78 bits per heavy atom. The Kier molecular flexibility index (Phi) is 2.82. The molecule has 1 aromatic carbocycles. The maximum atomic E-state index is 5.81. The van der Waals surface area contributed by atoms with Crippen LogP contribution in [0.3, 0.4) is 0 Å². The van der Waals surface area contributed by atoms with Crippen LogP contribution >= 0.6 is 11.6 Å². The second-order valence-electron chi connectivity index (χ2n) is 3.80. The van der Waals surface area contributed by atoms with E-state index in [1.165, 1.54) is 0 Å². The minimum atomic E-state index is 0.412. The average molecular weight is 257 g/mol. The molecule has 0 bridgehead atoms. The number of fused-ring (bicyclic) bond motifs is 1. The average Bonchev–Trinajstić information content (AvgIpc) is 2.39. The van der Waals surface area contributed by atoms with Crippen molar-refractivity contribution in [2.45, 2.75) is 0 Å². The zero-order valence-electron chi connectivity index (χ0n) is 9.38. The van der Waals surface area contributed by atoms with E-state index in [0.29, 0.717) is 10.9 Å². The molecule has 0 saturated carbocycles. The van der Waals surface area contributed by atoms with Crippen LogP contribution in [0.15, 0.2) is 55.0 Å². The van der Waals surface area contributed by atoms with Crippen LogP contribution in [0.5, 0.6) is 11.5 Å². The fourth-order valence-corrected chi connectivity index (χ4v) is 1.87. The molecule has 0 N–H and O–H groups in total. The summed E-state index contributed by atoms with van der Waals surface area (Å²) in [7, 11) is 0. The molecule has 0 radical (unpaired) electrons. The van der Waals surface area contributed by atoms with Gasteiger partial charge in [0, 0.05) is 30.0 Å². The van der Waals surface area contributed by atoms with E-state index in [-0.39, 0.29) is 0 Å². The van der Waals surface area contributed by atoms with Gasteiger partial charge in [-0.1, -0.05) is 17.7 Å². The van der Waals surface area contributed by atoms with Crippen molar-refractivity contribution in [1.82, 2.24) is 9.97 Å². The zero-order valence-corrected chi connectivity index (χ0v) is 10.1. The highest BCUT2D eigenvalue weighted by Gasteiger charge is 2.00. The summed E-state index contributed by atoms with van der Waals surface area (Å²) in [5.74, 6) is 1.41. The van der Waals surface area contributed by atoms with Gasteiger partial charge in [0.1, 0.15) is 16.7 Å². The normalized spacial score (nSPS) is 10.5. The van der Waals surface area contributed by atoms with E-state index in [2.05, 4.69) is 9.97 Å². The number of hydrogen-bond donors (Lipinski definition) is 0. The Morgan fingerprint density at radius 3 is 2.67 bits per heavy atom. The Balaban J connectivity index is 1.95. The number of ether oxygens (including phenoxy) is 1. The van der Waals surface area contributed by atoms with Crippen molar-refractivity contribution in [2.75, 3.05) is 0 Å². The van der Waals surface area contributed by atoms with Gasteiger partial charge in [0.15, 0.2) is 0 Å². The summed E-state index contributed by atoms with van der Waals surface area (Å²) in [4.78, 5) is 8.00. The third kappa shape index (κ3) is 2.26. The largest absolute Gasteiger partial charge is 0.457 e. The van der Waals surface area contributed by atoms with Gasteiger partial charge in [0.25, 0.3) is 0 Å². The summed E-state index contributed by atoms with van der Waals surface area (Å²) < 4.78 is 5.72. The lowest BCUT2D eigenvalue weighted by Crippen LogP contribution is -1.85. The smallest absolute Gasteiger partial charge is 0.132 e. The summed E-state index contributed by atoms with van der Waals surface area (Å²) in [6, 6.07) is 11.2. The minimum absolute atomic E-state index is 0.412. The molecule has 0 saturated heterocycles. The third-order valence-electron chi connectivity index (χ3n) is 2.55. The number of benzene rings is 1. The van der Waals surface area contributed by atoms with Gasteiger partial charge in [-0.05, 0) is 29.7 Å². The van der Waals surface area contributed by atoms with Gasteiger partial charge in [-0.2, -0.15) is 0 Å². The monoisotopic (exact) mass is 256 g/mol. The third-order valence-corrected chi connectivity index (χ3v) is 2.75. The van der Waals surface area contributed by atoms with E-state index in [1.54, 1.807) is 24.5 Å². The van der Waals surface area contributed by atoms with Crippen molar-refractivity contribution in [3.05, 3.63) is 60.1 Å². The molecular formula is C14H9ClN2O. The van der Waals surface area contributed by atoms with Gasteiger partial charge in [-0.3, -0.25) is 4.98 Å². The molecule has 2 heterocycles. The van der Waals surface area contributed by atoms with Crippen LogP contribution in [0.25, 0.3) is 10.8 Å². The molecule has 0 fully saturated rings. The first-order valence-electron chi connectivity index (χ1n) is 5.44. The highest BCUT2D eigenvalue weighted by atomic mass is 35.5. The van der Waals surface area contributed by atoms with Crippen LogP contribution in [0.1, 0.15) is 0 Å². The molecule has 3 aromatic rings. The standard InChI is InChI=1S/C14H9ClN2O/c15-14-8-13(4-6-17-14)18-12-2-1-10-3-5-16-9-11(10)7-12/h1-9H.